The zero-order chi connectivity index (χ0) is 17.9. The van der Waals surface area contributed by atoms with Crippen molar-refractivity contribution in [3.05, 3.63) is 35.4 Å². The van der Waals surface area contributed by atoms with Crippen molar-refractivity contribution < 1.29 is 23.1 Å². The summed E-state index contributed by atoms with van der Waals surface area (Å²) in [7, 11) is -2.10. The number of carbonyl (C=O) groups is 2. The van der Waals surface area contributed by atoms with Crippen molar-refractivity contribution >= 4 is 21.9 Å². The highest BCUT2D eigenvalue weighted by molar-refractivity contribution is 7.88. The smallest absolute Gasteiger partial charge is 0.308 e. The number of carboxylic acids is 1. The summed E-state index contributed by atoms with van der Waals surface area (Å²) >= 11 is 0. The molecule has 8 heteroatoms. The Bertz CT molecular complexity index is 714. The fourth-order valence-corrected chi connectivity index (χ4v) is 4.87. The van der Waals surface area contributed by atoms with E-state index in [1.807, 2.05) is 0 Å². The maximum Gasteiger partial charge on any atom is 0.308 e. The Labute approximate surface area is 141 Å². The molecule has 2 rings (SSSR count). The number of nitrogens with zero attached hydrogens (tertiary/aromatic N) is 1. The molecule has 0 aromatic heterocycles. The highest BCUT2D eigenvalue weighted by Crippen LogP contribution is 2.27. The van der Waals surface area contributed by atoms with Crippen LogP contribution in [0.3, 0.4) is 0 Å². The topological polar surface area (TPSA) is 104 Å². The van der Waals surface area contributed by atoms with Crippen LogP contribution in [-0.2, 0) is 20.6 Å². The molecule has 0 bridgehead atoms. The van der Waals surface area contributed by atoms with E-state index in [1.165, 1.54) is 11.4 Å². The van der Waals surface area contributed by atoms with E-state index in [0.717, 1.165) is 0 Å². The summed E-state index contributed by atoms with van der Waals surface area (Å²) < 4.78 is 26.6. The average Bonchev–Trinajstić information content (AvgIpc) is 2.54. The number of piperidine rings is 1. The summed E-state index contributed by atoms with van der Waals surface area (Å²) in [5.41, 5.74) is 1.02. The van der Waals surface area contributed by atoms with Gasteiger partial charge in [-0.25, -0.2) is 8.42 Å². The normalized spacial score (nSPS) is 22.1. The molecule has 2 atom stereocenters. The Kier molecular flexibility index (Phi) is 5.61. The van der Waals surface area contributed by atoms with Gasteiger partial charge >= 0.3 is 5.97 Å². The Morgan fingerprint density at radius 2 is 1.92 bits per heavy atom. The lowest BCUT2D eigenvalue weighted by Gasteiger charge is -2.36. The monoisotopic (exact) mass is 354 g/mol. The summed E-state index contributed by atoms with van der Waals surface area (Å²) in [5.74, 6) is -2.09. The molecule has 2 N–H and O–H groups in total. The second-order valence-corrected chi connectivity index (χ2v) is 7.89. The fraction of sp³-hybridized carbons (Fsp3) is 0.500. The lowest BCUT2D eigenvalue weighted by Crippen LogP contribution is -2.49. The molecule has 0 spiro atoms. The summed E-state index contributed by atoms with van der Waals surface area (Å²) in [6, 6.07) is 5.79. The molecule has 1 amide bonds. The lowest BCUT2D eigenvalue weighted by atomic mass is 9.92. The SMILES string of the molecule is CNC(=O)c1ccc(CS(=O)(=O)N2CCC[C@H](C(=O)O)[C@@H]2C)cc1. The van der Waals surface area contributed by atoms with Crippen LogP contribution in [0.1, 0.15) is 35.7 Å². The van der Waals surface area contributed by atoms with Crippen molar-refractivity contribution in [2.45, 2.75) is 31.6 Å². The molecule has 0 saturated carbocycles. The molecule has 1 aliphatic heterocycles. The summed E-state index contributed by atoms with van der Waals surface area (Å²) in [5, 5.41) is 11.7. The fourth-order valence-electron chi connectivity index (χ4n) is 3.03. The predicted octanol–water partition coefficient (Wildman–Crippen LogP) is 1.06. The first-order chi connectivity index (χ1) is 11.3. The number of hydrogen-bond acceptors (Lipinski definition) is 4. The first-order valence-corrected chi connectivity index (χ1v) is 9.40. The van der Waals surface area contributed by atoms with Crippen molar-refractivity contribution in [3.63, 3.8) is 0 Å². The van der Waals surface area contributed by atoms with Gasteiger partial charge in [0.05, 0.1) is 11.7 Å². The van der Waals surface area contributed by atoms with E-state index >= 15 is 0 Å². The minimum atomic E-state index is -3.62. The Hall–Kier alpha value is -1.93. The summed E-state index contributed by atoms with van der Waals surface area (Å²) in [4.78, 5) is 22.8. The van der Waals surface area contributed by atoms with E-state index in [0.29, 0.717) is 30.5 Å². The predicted molar refractivity (Wildman–Crippen MR) is 89.0 cm³/mol. The second kappa shape index (κ2) is 7.31. The molecular formula is C16H22N2O5S. The number of nitrogens with one attached hydrogen (secondary N) is 1. The van der Waals surface area contributed by atoms with Gasteiger partial charge in [-0.3, -0.25) is 9.59 Å². The first-order valence-electron chi connectivity index (χ1n) is 7.79. The Morgan fingerprint density at radius 3 is 2.46 bits per heavy atom. The number of hydrogen-bond donors (Lipinski definition) is 2. The van der Waals surface area contributed by atoms with E-state index in [4.69, 9.17) is 0 Å². The molecule has 7 nitrogen and oxygen atoms in total. The van der Waals surface area contributed by atoms with E-state index in [9.17, 15) is 23.1 Å². The second-order valence-electron chi connectivity index (χ2n) is 5.97. The number of carboxylic acid groups (broad SMARTS) is 1. The van der Waals surface area contributed by atoms with Gasteiger partial charge in [-0.15, -0.1) is 0 Å². The van der Waals surface area contributed by atoms with Crippen molar-refractivity contribution in [1.29, 1.82) is 0 Å². The third-order valence-corrected chi connectivity index (χ3v) is 6.32. The standard InChI is InChI=1S/C16H22N2O5S/c1-11-14(16(20)21)4-3-9-18(11)24(22,23)10-12-5-7-13(8-6-12)15(19)17-2/h5-8,11,14H,3-4,9-10H2,1-2H3,(H,17,19)(H,20,21)/t11-,14-/m0/s1. The van der Waals surface area contributed by atoms with E-state index in [1.54, 1.807) is 31.2 Å². The van der Waals surface area contributed by atoms with Crippen LogP contribution in [0.15, 0.2) is 24.3 Å². The highest BCUT2D eigenvalue weighted by Gasteiger charge is 2.38. The molecule has 1 fully saturated rings. The van der Waals surface area contributed by atoms with E-state index < -0.39 is 28.0 Å². The van der Waals surface area contributed by atoms with E-state index in [2.05, 4.69) is 5.32 Å². The van der Waals surface area contributed by atoms with Gasteiger partial charge in [0.1, 0.15) is 0 Å². The van der Waals surface area contributed by atoms with Crippen LogP contribution in [0.25, 0.3) is 0 Å². The van der Waals surface area contributed by atoms with Gasteiger partial charge in [0.25, 0.3) is 5.91 Å². The van der Waals surface area contributed by atoms with Gasteiger partial charge in [-0.05, 0) is 37.5 Å². The van der Waals surface area contributed by atoms with Crippen LogP contribution in [0.2, 0.25) is 0 Å². The van der Waals surface area contributed by atoms with Crippen molar-refractivity contribution in [3.8, 4) is 0 Å². The number of sulfonamides is 1. The number of carbonyl (C=O) groups excluding carboxylic acids is 1. The molecule has 1 heterocycles. The molecule has 1 aliphatic rings. The molecule has 1 aromatic carbocycles. The molecule has 0 radical (unpaired) electrons. The number of benzene rings is 1. The van der Waals surface area contributed by atoms with Gasteiger partial charge in [0, 0.05) is 25.2 Å². The summed E-state index contributed by atoms with van der Waals surface area (Å²) in [6.45, 7) is 1.98. The number of amides is 1. The van der Waals surface area contributed by atoms with Gasteiger partial charge in [0.2, 0.25) is 10.0 Å². The van der Waals surface area contributed by atoms with Crippen molar-refractivity contribution in [1.82, 2.24) is 9.62 Å². The molecule has 1 saturated heterocycles. The highest BCUT2D eigenvalue weighted by atomic mass is 32.2. The van der Waals surface area contributed by atoms with Gasteiger partial charge in [0.15, 0.2) is 0 Å². The van der Waals surface area contributed by atoms with Crippen LogP contribution in [0.5, 0.6) is 0 Å². The lowest BCUT2D eigenvalue weighted by molar-refractivity contribution is -0.144. The van der Waals surface area contributed by atoms with Crippen LogP contribution >= 0.6 is 0 Å². The quantitative estimate of drug-likeness (QED) is 0.823. The largest absolute Gasteiger partial charge is 0.481 e. The van der Waals surface area contributed by atoms with Gasteiger partial charge < -0.3 is 10.4 Å². The number of rotatable bonds is 5. The molecule has 0 aliphatic carbocycles. The Morgan fingerprint density at radius 1 is 1.29 bits per heavy atom. The van der Waals surface area contributed by atoms with Gasteiger partial charge in [-0.2, -0.15) is 4.31 Å². The minimum absolute atomic E-state index is 0.211. The molecule has 24 heavy (non-hydrogen) atoms. The average molecular weight is 354 g/mol. The van der Waals surface area contributed by atoms with Crippen LogP contribution < -0.4 is 5.32 Å². The third kappa shape index (κ3) is 3.93. The van der Waals surface area contributed by atoms with Crippen molar-refractivity contribution in [2.75, 3.05) is 13.6 Å². The molecule has 132 valence electrons. The van der Waals surface area contributed by atoms with Gasteiger partial charge in [-0.1, -0.05) is 12.1 Å². The van der Waals surface area contributed by atoms with Crippen LogP contribution in [-0.4, -0.2) is 49.3 Å². The summed E-state index contributed by atoms with van der Waals surface area (Å²) in [6.07, 6.45) is 1.03. The maximum atomic E-state index is 12.7. The molecule has 1 aromatic rings. The third-order valence-electron chi connectivity index (χ3n) is 4.40. The van der Waals surface area contributed by atoms with Crippen LogP contribution in [0.4, 0.5) is 0 Å². The minimum Gasteiger partial charge on any atom is -0.481 e. The zero-order valence-corrected chi connectivity index (χ0v) is 14.5. The Balaban J connectivity index is 2.15. The molecule has 0 unspecified atom stereocenters. The van der Waals surface area contributed by atoms with Crippen LogP contribution in [0, 0.1) is 5.92 Å². The number of aliphatic carboxylic acids is 1. The maximum absolute atomic E-state index is 12.7. The molecular weight excluding hydrogens is 332 g/mol. The van der Waals surface area contributed by atoms with E-state index in [-0.39, 0.29) is 11.7 Å². The zero-order valence-electron chi connectivity index (χ0n) is 13.7. The van der Waals surface area contributed by atoms with Crippen molar-refractivity contribution in [2.24, 2.45) is 5.92 Å². The first kappa shape index (κ1) is 18.4.